The maximum Gasteiger partial charge on any atom is 0.410 e. The number of hydrogen-bond acceptors (Lipinski definition) is 7. The van der Waals surface area contributed by atoms with E-state index in [0.717, 1.165) is 17.6 Å². The molecule has 2 fully saturated rings. The molecule has 4 aliphatic rings. The second-order valence-corrected chi connectivity index (χ2v) is 11.1. The summed E-state index contributed by atoms with van der Waals surface area (Å²) < 4.78 is 12.5. The van der Waals surface area contributed by atoms with Gasteiger partial charge in [0.25, 0.3) is 5.91 Å². The molecule has 33 heavy (non-hydrogen) atoms. The summed E-state index contributed by atoms with van der Waals surface area (Å²) >= 11 is 3.30. The molecule has 1 saturated heterocycles. The van der Waals surface area contributed by atoms with Gasteiger partial charge < -0.3 is 14.4 Å². The fourth-order valence-electron chi connectivity index (χ4n) is 6.12. The Labute approximate surface area is 201 Å². The second kappa shape index (κ2) is 7.65. The molecule has 1 aromatic heterocycles. The lowest BCUT2D eigenvalue weighted by Crippen LogP contribution is -2.48. The van der Waals surface area contributed by atoms with Gasteiger partial charge in [-0.3, -0.25) is 9.59 Å². The molecule has 178 valence electrons. The number of nitrogens with zero attached hydrogens (tertiary/aromatic N) is 4. The van der Waals surface area contributed by atoms with Crippen molar-refractivity contribution in [2.75, 3.05) is 19.7 Å². The Hall–Kier alpha value is -2.23. The molecule has 9 nitrogen and oxygen atoms in total. The van der Waals surface area contributed by atoms with Crippen molar-refractivity contribution in [3.05, 3.63) is 21.7 Å². The van der Waals surface area contributed by atoms with E-state index in [1.807, 2.05) is 20.8 Å². The number of allylic oxidation sites excluding steroid dienone is 2. The number of fused-ring (bicyclic) bond motifs is 5. The number of hydrogen-bond donors (Lipinski definition) is 0. The highest BCUT2D eigenvalue weighted by Crippen LogP contribution is 2.71. The van der Waals surface area contributed by atoms with Crippen molar-refractivity contribution < 1.29 is 23.9 Å². The number of carbonyl (C=O) groups excluding carboxylic acids is 3. The van der Waals surface area contributed by atoms with Crippen LogP contribution in [0.5, 0.6) is 0 Å². The van der Waals surface area contributed by atoms with Gasteiger partial charge in [0.15, 0.2) is 0 Å². The van der Waals surface area contributed by atoms with E-state index in [1.54, 1.807) is 11.8 Å². The number of carbonyl (C=O) groups is 3. The number of esters is 1. The van der Waals surface area contributed by atoms with Gasteiger partial charge in [0, 0.05) is 24.1 Å². The monoisotopic (exact) mass is 520 g/mol. The lowest BCUT2D eigenvalue weighted by atomic mass is 9.68. The van der Waals surface area contributed by atoms with Gasteiger partial charge in [0.2, 0.25) is 4.73 Å². The van der Waals surface area contributed by atoms with Gasteiger partial charge in [0.1, 0.15) is 11.4 Å². The van der Waals surface area contributed by atoms with Gasteiger partial charge in [-0.2, -0.15) is 4.68 Å². The predicted molar refractivity (Wildman–Crippen MR) is 120 cm³/mol. The summed E-state index contributed by atoms with van der Waals surface area (Å²) in [7, 11) is 0. The first-order valence-corrected chi connectivity index (χ1v) is 12.4. The van der Waals surface area contributed by atoms with Gasteiger partial charge in [-0.05, 0) is 80.3 Å². The van der Waals surface area contributed by atoms with E-state index < -0.39 is 5.60 Å². The van der Waals surface area contributed by atoms with Crippen LogP contribution in [0, 0.1) is 17.3 Å². The topological polar surface area (TPSA) is 104 Å². The zero-order valence-electron chi connectivity index (χ0n) is 19.4. The highest BCUT2D eigenvalue weighted by Gasteiger charge is 2.67. The first-order chi connectivity index (χ1) is 15.6. The van der Waals surface area contributed by atoms with Gasteiger partial charge in [-0.25, -0.2) is 9.78 Å². The SMILES string of the molecule is CCOC(=O)CC1C2=C(C(=O)n3nc(Br)nc31)C1(CCN(C(=O)OC(C)(C)C)CC1)C1CC21. The smallest absolute Gasteiger partial charge is 0.410 e. The molecular formula is C23H29BrN4O5. The van der Waals surface area contributed by atoms with Crippen molar-refractivity contribution in [3.8, 4) is 0 Å². The van der Waals surface area contributed by atoms with E-state index >= 15 is 0 Å². The molecule has 0 N–H and O–H groups in total. The Morgan fingerprint density at radius 3 is 2.58 bits per heavy atom. The highest BCUT2D eigenvalue weighted by molar-refractivity contribution is 9.10. The lowest BCUT2D eigenvalue weighted by Gasteiger charge is -2.43. The summed E-state index contributed by atoms with van der Waals surface area (Å²) in [5.74, 6) is 0.399. The van der Waals surface area contributed by atoms with Crippen LogP contribution in [0.4, 0.5) is 4.79 Å². The Kier molecular flexibility index (Phi) is 5.23. The van der Waals surface area contributed by atoms with E-state index in [1.165, 1.54) is 4.68 Å². The fraction of sp³-hybridized carbons (Fsp3) is 0.696. The van der Waals surface area contributed by atoms with Crippen LogP contribution in [0.3, 0.4) is 0 Å². The quantitative estimate of drug-likeness (QED) is 0.559. The number of rotatable bonds is 3. The molecule has 3 unspecified atom stereocenters. The van der Waals surface area contributed by atoms with E-state index in [-0.39, 0.29) is 41.6 Å². The fourth-order valence-corrected chi connectivity index (χ4v) is 6.46. The van der Waals surface area contributed by atoms with Gasteiger partial charge in [-0.15, -0.1) is 5.10 Å². The van der Waals surface area contributed by atoms with E-state index in [2.05, 4.69) is 26.0 Å². The molecule has 1 aromatic rings. The molecule has 2 aliphatic heterocycles. The number of likely N-dealkylation sites (tertiary alicyclic amines) is 1. The third-order valence-electron chi connectivity index (χ3n) is 7.37. The van der Waals surface area contributed by atoms with Crippen LogP contribution in [-0.2, 0) is 14.3 Å². The molecule has 10 heteroatoms. The van der Waals surface area contributed by atoms with Crippen molar-refractivity contribution in [1.29, 1.82) is 0 Å². The Morgan fingerprint density at radius 2 is 1.94 bits per heavy atom. The standard InChI is InChI=1S/C23H29BrN4O5/c1-5-32-15(29)11-13-16-12-10-14(12)23(17(16)19(30)28-18(13)25-20(24)26-28)6-8-27(9-7-23)21(31)33-22(2,3)4/h12-14H,5-11H2,1-4H3. The Balaban J connectivity index is 1.47. The largest absolute Gasteiger partial charge is 0.466 e. The molecular weight excluding hydrogens is 492 g/mol. The third-order valence-corrected chi connectivity index (χ3v) is 7.71. The zero-order valence-corrected chi connectivity index (χ0v) is 21.0. The maximum atomic E-state index is 13.7. The lowest BCUT2D eigenvalue weighted by molar-refractivity contribution is -0.143. The van der Waals surface area contributed by atoms with Gasteiger partial charge >= 0.3 is 12.1 Å². The highest BCUT2D eigenvalue weighted by atomic mass is 79.9. The number of halogens is 1. The molecule has 0 radical (unpaired) electrons. The number of piperidine rings is 1. The molecule has 1 saturated carbocycles. The second-order valence-electron chi connectivity index (χ2n) is 10.4. The van der Waals surface area contributed by atoms with Crippen LogP contribution in [0.25, 0.3) is 0 Å². The number of amides is 1. The van der Waals surface area contributed by atoms with Crippen LogP contribution in [0.1, 0.15) is 69.9 Å². The zero-order chi connectivity index (χ0) is 23.7. The molecule has 1 spiro atoms. The van der Waals surface area contributed by atoms with Crippen molar-refractivity contribution in [1.82, 2.24) is 19.7 Å². The first kappa shape index (κ1) is 22.6. The van der Waals surface area contributed by atoms with Gasteiger partial charge in [0.05, 0.1) is 18.9 Å². The van der Waals surface area contributed by atoms with Crippen molar-refractivity contribution >= 4 is 33.9 Å². The van der Waals surface area contributed by atoms with Crippen LogP contribution in [0.2, 0.25) is 0 Å². The van der Waals surface area contributed by atoms with Crippen molar-refractivity contribution in [3.63, 3.8) is 0 Å². The summed E-state index contributed by atoms with van der Waals surface area (Å²) in [6.45, 7) is 8.75. The normalized spacial score (nSPS) is 27.2. The molecule has 0 bridgehead atoms. The van der Waals surface area contributed by atoms with Crippen molar-refractivity contribution in [2.24, 2.45) is 17.3 Å². The van der Waals surface area contributed by atoms with E-state index in [9.17, 15) is 14.4 Å². The molecule has 5 rings (SSSR count). The van der Waals surface area contributed by atoms with Crippen LogP contribution in [-0.4, -0.2) is 62.9 Å². The molecule has 2 aliphatic carbocycles. The summed E-state index contributed by atoms with van der Waals surface area (Å²) in [5.41, 5.74) is 1.01. The third kappa shape index (κ3) is 3.61. The van der Waals surface area contributed by atoms with E-state index in [0.29, 0.717) is 49.0 Å². The summed E-state index contributed by atoms with van der Waals surface area (Å²) in [6.07, 6.45) is 2.25. The van der Waals surface area contributed by atoms with Crippen molar-refractivity contribution in [2.45, 2.75) is 64.9 Å². The van der Waals surface area contributed by atoms with Crippen LogP contribution in [0.15, 0.2) is 15.9 Å². The average Bonchev–Trinajstić information content (AvgIpc) is 3.36. The number of ether oxygens (including phenoxy) is 2. The number of aromatic nitrogens is 3. The predicted octanol–water partition coefficient (Wildman–Crippen LogP) is 3.69. The van der Waals surface area contributed by atoms with Crippen LogP contribution >= 0.6 is 15.9 Å². The molecule has 1 amide bonds. The minimum atomic E-state index is -0.548. The van der Waals surface area contributed by atoms with Gasteiger partial charge in [-0.1, -0.05) is 0 Å². The summed E-state index contributed by atoms with van der Waals surface area (Å²) in [6, 6.07) is 0. The van der Waals surface area contributed by atoms with Crippen LogP contribution < -0.4 is 0 Å². The summed E-state index contributed by atoms with van der Waals surface area (Å²) in [5, 5.41) is 4.30. The first-order valence-electron chi connectivity index (χ1n) is 11.6. The molecule has 0 aromatic carbocycles. The minimum Gasteiger partial charge on any atom is -0.466 e. The Morgan fingerprint density at radius 1 is 1.24 bits per heavy atom. The molecule has 3 atom stereocenters. The molecule has 3 heterocycles. The summed E-state index contributed by atoms with van der Waals surface area (Å²) in [4.78, 5) is 44.9. The van der Waals surface area contributed by atoms with E-state index in [4.69, 9.17) is 9.47 Å². The minimum absolute atomic E-state index is 0.142. The maximum absolute atomic E-state index is 13.7. The Bertz CT molecular complexity index is 1060. The average molecular weight is 521 g/mol.